The lowest BCUT2D eigenvalue weighted by atomic mass is 10.1. The Bertz CT molecular complexity index is 626. The number of anilines is 2. The third-order valence-electron chi connectivity index (χ3n) is 2.69. The van der Waals surface area contributed by atoms with Gasteiger partial charge in [-0.15, -0.1) is 0 Å². The van der Waals surface area contributed by atoms with Crippen LogP contribution in [0.3, 0.4) is 0 Å². The first-order valence-corrected chi connectivity index (χ1v) is 6.23. The summed E-state index contributed by atoms with van der Waals surface area (Å²) in [5, 5.41) is 12.1. The SMILES string of the molecule is CCOc1cccc(N)c1C(=O)Nc1cccc(O)c1. The van der Waals surface area contributed by atoms with Crippen molar-refractivity contribution in [1.29, 1.82) is 0 Å². The summed E-state index contributed by atoms with van der Waals surface area (Å²) < 4.78 is 5.41. The Morgan fingerprint density at radius 3 is 2.75 bits per heavy atom. The Hall–Kier alpha value is -2.69. The molecular formula is C15H16N2O3. The van der Waals surface area contributed by atoms with Crippen LogP contribution in [0.2, 0.25) is 0 Å². The van der Waals surface area contributed by atoms with Crippen LogP contribution in [0.25, 0.3) is 0 Å². The third kappa shape index (κ3) is 3.00. The monoisotopic (exact) mass is 272 g/mol. The second-order valence-electron chi connectivity index (χ2n) is 4.16. The quantitative estimate of drug-likeness (QED) is 0.747. The van der Waals surface area contributed by atoms with Gasteiger partial charge in [-0.25, -0.2) is 0 Å². The fraction of sp³-hybridized carbons (Fsp3) is 0.133. The number of aromatic hydroxyl groups is 1. The van der Waals surface area contributed by atoms with E-state index in [0.717, 1.165) is 0 Å². The van der Waals surface area contributed by atoms with E-state index in [4.69, 9.17) is 10.5 Å². The Labute approximate surface area is 117 Å². The highest BCUT2D eigenvalue weighted by Crippen LogP contribution is 2.26. The first-order valence-electron chi connectivity index (χ1n) is 6.23. The first kappa shape index (κ1) is 13.7. The second kappa shape index (κ2) is 5.97. The van der Waals surface area contributed by atoms with Crippen LogP contribution >= 0.6 is 0 Å². The minimum absolute atomic E-state index is 0.0777. The van der Waals surface area contributed by atoms with Crippen LogP contribution in [0.15, 0.2) is 42.5 Å². The number of carbonyl (C=O) groups is 1. The molecule has 5 heteroatoms. The van der Waals surface area contributed by atoms with Crippen molar-refractivity contribution in [2.45, 2.75) is 6.92 Å². The van der Waals surface area contributed by atoms with E-state index in [2.05, 4.69) is 5.32 Å². The zero-order chi connectivity index (χ0) is 14.5. The average molecular weight is 272 g/mol. The summed E-state index contributed by atoms with van der Waals surface area (Å²) in [6, 6.07) is 11.4. The molecule has 0 atom stereocenters. The fourth-order valence-corrected chi connectivity index (χ4v) is 1.84. The summed E-state index contributed by atoms with van der Waals surface area (Å²) in [5.41, 5.74) is 6.96. The zero-order valence-electron chi connectivity index (χ0n) is 11.1. The van der Waals surface area contributed by atoms with Gasteiger partial charge in [0.1, 0.15) is 17.1 Å². The van der Waals surface area contributed by atoms with Crippen LogP contribution < -0.4 is 15.8 Å². The maximum Gasteiger partial charge on any atom is 0.261 e. The molecule has 2 aromatic rings. The Morgan fingerprint density at radius 2 is 2.05 bits per heavy atom. The van der Waals surface area contributed by atoms with Gasteiger partial charge in [-0.2, -0.15) is 0 Å². The smallest absolute Gasteiger partial charge is 0.261 e. The van der Waals surface area contributed by atoms with Gasteiger partial charge >= 0.3 is 0 Å². The van der Waals surface area contributed by atoms with Gasteiger partial charge in [-0.05, 0) is 31.2 Å². The minimum atomic E-state index is -0.378. The number of ether oxygens (including phenoxy) is 1. The van der Waals surface area contributed by atoms with Gasteiger partial charge in [-0.3, -0.25) is 4.79 Å². The van der Waals surface area contributed by atoms with Crippen molar-refractivity contribution in [1.82, 2.24) is 0 Å². The van der Waals surface area contributed by atoms with E-state index in [1.165, 1.54) is 12.1 Å². The lowest BCUT2D eigenvalue weighted by Gasteiger charge is -2.12. The normalized spacial score (nSPS) is 10.1. The topological polar surface area (TPSA) is 84.6 Å². The predicted octanol–water partition coefficient (Wildman–Crippen LogP) is 2.63. The van der Waals surface area contributed by atoms with Crippen LogP contribution in [0.5, 0.6) is 11.5 Å². The van der Waals surface area contributed by atoms with Crippen LogP contribution in [-0.4, -0.2) is 17.6 Å². The first-order chi connectivity index (χ1) is 9.61. The molecule has 4 N–H and O–H groups in total. The van der Waals surface area contributed by atoms with Gasteiger partial charge in [0.25, 0.3) is 5.91 Å². The van der Waals surface area contributed by atoms with Crippen LogP contribution in [-0.2, 0) is 0 Å². The largest absolute Gasteiger partial charge is 0.508 e. The molecule has 0 aromatic heterocycles. The Kier molecular flexibility index (Phi) is 4.10. The molecule has 0 bridgehead atoms. The van der Waals surface area contributed by atoms with E-state index in [1.807, 2.05) is 6.92 Å². The lowest BCUT2D eigenvalue weighted by Crippen LogP contribution is -2.15. The Balaban J connectivity index is 2.29. The molecule has 104 valence electrons. The van der Waals surface area contributed by atoms with Gasteiger partial charge in [0.05, 0.1) is 6.61 Å². The molecule has 0 spiro atoms. The maximum absolute atomic E-state index is 12.3. The van der Waals surface area contributed by atoms with Crippen LogP contribution in [0.1, 0.15) is 17.3 Å². The molecule has 0 heterocycles. The van der Waals surface area contributed by atoms with E-state index >= 15 is 0 Å². The highest BCUT2D eigenvalue weighted by molar-refractivity contribution is 6.09. The number of carbonyl (C=O) groups excluding carboxylic acids is 1. The highest BCUT2D eigenvalue weighted by Gasteiger charge is 2.16. The summed E-state index contributed by atoms with van der Waals surface area (Å²) in [7, 11) is 0. The molecule has 0 aliphatic carbocycles. The molecule has 0 saturated carbocycles. The molecule has 2 aromatic carbocycles. The van der Waals surface area contributed by atoms with Crippen molar-refractivity contribution in [3.05, 3.63) is 48.0 Å². The predicted molar refractivity (Wildman–Crippen MR) is 78.1 cm³/mol. The summed E-state index contributed by atoms with van der Waals surface area (Å²) in [6.45, 7) is 2.27. The minimum Gasteiger partial charge on any atom is -0.508 e. The summed E-state index contributed by atoms with van der Waals surface area (Å²) in [6.07, 6.45) is 0. The number of nitrogens with one attached hydrogen (secondary N) is 1. The van der Waals surface area contributed by atoms with Crippen LogP contribution in [0, 0.1) is 0 Å². The number of phenols is 1. The van der Waals surface area contributed by atoms with Crippen LogP contribution in [0.4, 0.5) is 11.4 Å². The number of hydrogen-bond acceptors (Lipinski definition) is 4. The fourth-order valence-electron chi connectivity index (χ4n) is 1.84. The number of rotatable bonds is 4. The van der Waals surface area contributed by atoms with Crippen molar-refractivity contribution < 1.29 is 14.6 Å². The highest BCUT2D eigenvalue weighted by atomic mass is 16.5. The van der Waals surface area contributed by atoms with Crippen molar-refractivity contribution in [2.75, 3.05) is 17.7 Å². The third-order valence-corrected chi connectivity index (χ3v) is 2.69. The number of phenolic OH excluding ortho intramolecular Hbond substituents is 1. The standard InChI is InChI=1S/C15H16N2O3/c1-2-20-13-8-4-7-12(16)14(13)15(19)17-10-5-3-6-11(18)9-10/h3-9,18H,2,16H2,1H3,(H,17,19). The second-order valence-corrected chi connectivity index (χ2v) is 4.16. The van der Waals surface area contributed by atoms with Gasteiger partial charge in [0.15, 0.2) is 0 Å². The average Bonchev–Trinajstić information content (AvgIpc) is 2.39. The van der Waals surface area contributed by atoms with Crippen molar-refractivity contribution in [2.24, 2.45) is 0 Å². The number of nitrogen functional groups attached to an aromatic ring is 1. The van der Waals surface area contributed by atoms with Gasteiger partial charge in [0.2, 0.25) is 0 Å². The Morgan fingerprint density at radius 1 is 1.30 bits per heavy atom. The molecule has 0 radical (unpaired) electrons. The van der Waals surface area contributed by atoms with Crippen molar-refractivity contribution >= 4 is 17.3 Å². The summed E-state index contributed by atoms with van der Waals surface area (Å²) in [5.74, 6) is 0.135. The number of amides is 1. The van der Waals surface area contributed by atoms with E-state index in [9.17, 15) is 9.90 Å². The maximum atomic E-state index is 12.3. The number of nitrogens with two attached hydrogens (primary N) is 1. The van der Waals surface area contributed by atoms with E-state index < -0.39 is 0 Å². The molecular weight excluding hydrogens is 256 g/mol. The van der Waals surface area contributed by atoms with Crippen molar-refractivity contribution in [3.63, 3.8) is 0 Å². The van der Waals surface area contributed by atoms with E-state index in [1.54, 1.807) is 30.3 Å². The summed E-state index contributed by atoms with van der Waals surface area (Å²) >= 11 is 0. The number of benzene rings is 2. The molecule has 5 nitrogen and oxygen atoms in total. The zero-order valence-corrected chi connectivity index (χ0v) is 11.1. The molecule has 0 aliphatic heterocycles. The lowest BCUT2D eigenvalue weighted by molar-refractivity contribution is 0.102. The van der Waals surface area contributed by atoms with Gasteiger partial charge in [0, 0.05) is 17.4 Å². The van der Waals surface area contributed by atoms with E-state index in [-0.39, 0.29) is 17.2 Å². The van der Waals surface area contributed by atoms with Crippen molar-refractivity contribution in [3.8, 4) is 11.5 Å². The molecule has 1 amide bonds. The summed E-state index contributed by atoms with van der Waals surface area (Å²) in [4.78, 5) is 12.3. The molecule has 0 saturated heterocycles. The molecule has 2 rings (SSSR count). The van der Waals surface area contributed by atoms with Gasteiger partial charge in [-0.1, -0.05) is 12.1 Å². The molecule has 0 unspecified atom stereocenters. The molecule has 0 aliphatic rings. The van der Waals surface area contributed by atoms with Gasteiger partial charge < -0.3 is 20.9 Å². The molecule has 20 heavy (non-hydrogen) atoms. The van der Waals surface area contributed by atoms with E-state index in [0.29, 0.717) is 23.7 Å². The molecule has 0 fully saturated rings. The number of hydrogen-bond donors (Lipinski definition) is 3.